The Morgan fingerprint density at radius 2 is 2.08 bits per heavy atom. The van der Waals surface area contributed by atoms with Gasteiger partial charge in [0.1, 0.15) is 5.60 Å². The predicted octanol–water partition coefficient (Wildman–Crippen LogP) is 3.37. The molecule has 0 radical (unpaired) electrons. The number of nitrogens with zero attached hydrogens (tertiary/aromatic N) is 1. The van der Waals surface area contributed by atoms with Gasteiger partial charge in [0.25, 0.3) is 0 Å². The van der Waals surface area contributed by atoms with Crippen molar-refractivity contribution in [2.24, 2.45) is 5.92 Å². The fourth-order valence-corrected chi connectivity index (χ4v) is 4.61. The molecule has 138 valence electrons. The van der Waals surface area contributed by atoms with Crippen LogP contribution in [-0.2, 0) is 9.22 Å². The third-order valence-electron chi connectivity index (χ3n) is 6.14. The highest BCUT2D eigenvalue weighted by molar-refractivity contribution is 6.74. The van der Waals surface area contributed by atoms with Gasteiger partial charge < -0.3 is 9.53 Å². The molecule has 0 aromatic carbocycles. The van der Waals surface area contributed by atoms with Gasteiger partial charge in [-0.3, -0.25) is 9.69 Å². The standard InChI is InChI=1S/C19H35NO3Si/c1-14(13-23-24(6,7)18(2,3)4)11-15-12-20-10-8-9-16(20)19(5,22)17(15)21/h11,14,16,22H,8-10,12-13H2,1-7H3/b15-11+/t14-,16-,19+/m0/s1. The van der Waals surface area contributed by atoms with Crippen molar-refractivity contribution in [1.82, 2.24) is 4.90 Å². The minimum absolute atomic E-state index is 0.0130. The third-order valence-corrected chi connectivity index (χ3v) is 10.6. The summed E-state index contributed by atoms with van der Waals surface area (Å²) in [5.74, 6) is 0.0813. The Balaban J connectivity index is 2.06. The van der Waals surface area contributed by atoms with E-state index in [0.717, 1.165) is 25.0 Å². The molecule has 0 aromatic heterocycles. The van der Waals surface area contributed by atoms with Crippen molar-refractivity contribution in [3.8, 4) is 0 Å². The molecule has 2 aliphatic heterocycles. The maximum Gasteiger partial charge on any atom is 0.192 e. The Bertz CT molecular complexity index is 519. The van der Waals surface area contributed by atoms with Crippen LogP contribution in [0.4, 0.5) is 0 Å². The summed E-state index contributed by atoms with van der Waals surface area (Å²) < 4.78 is 6.28. The van der Waals surface area contributed by atoms with Crippen molar-refractivity contribution in [3.63, 3.8) is 0 Å². The molecule has 2 fully saturated rings. The number of piperidine rings is 1. The molecule has 0 unspecified atom stereocenters. The molecular formula is C19H35NO3Si. The van der Waals surface area contributed by atoms with Gasteiger partial charge >= 0.3 is 0 Å². The summed E-state index contributed by atoms with van der Waals surface area (Å²) in [5.41, 5.74) is -0.495. The Morgan fingerprint density at radius 1 is 1.46 bits per heavy atom. The summed E-state index contributed by atoms with van der Waals surface area (Å²) in [4.78, 5) is 15.0. The highest BCUT2D eigenvalue weighted by Crippen LogP contribution is 2.37. The first-order valence-corrected chi connectivity index (χ1v) is 12.1. The van der Waals surface area contributed by atoms with E-state index in [1.165, 1.54) is 0 Å². The lowest BCUT2D eigenvalue weighted by atomic mass is 9.81. The van der Waals surface area contributed by atoms with Crippen LogP contribution >= 0.6 is 0 Å². The van der Waals surface area contributed by atoms with Crippen LogP contribution in [0, 0.1) is 5.92 Å². The number of hydrogen-bond acceptors (Lipinski definition) is 4. The molecule has 0 spiro atoms. The van der Waals surface area contributed by atoms with Crippen LogP contribution in [0.3, 0.4) is 0 Å². The molecule has 0 amide bonds. The molecule has 2 heterocycles. The first kappa shape index (κ1) is 19.8. The van der Waals surface area contributed by atoms with Gasteiger partial charge in [-0.1, -0.05) is 33.8 Å². The highest BCUT2D eigenvalue weighted by Gasteiger charge is 2.49. The molecule has 0 bridgehead atoms. The average Bonchev–Trinajstić information content (AvgIpc) is 2.91. The Labute approximate surface area is 148 Å². The predicted molar refractivity (Wildman–Crippen MR) is 101 cm³/mol. The van der Waals surface area contributed by atoms with E-state index in [4.69, 9.17) is 4.43 Å². The second-order valence-corrected chi connectivity index (χ2v) is 14.2. The summed E-state index contributed by atoms with van der Waals surface area (Å²) in [6.07, 6.45) is 4.00. The van der Waals surface area contributed by atoms with E-state index in [9.17, 15) is 9.90 Å². The van der Waals surface area contributed by atoms with Crippen molar-refractivity contribution in [3.05, 3.63) is 11.6 Å². The molecule has 5 heteroatoms. The van der Waals surface area contributed by atoms with E-state index < -0.39 is 13.9 Å². The van der Waals surface area contributed by atoms with Crippen molar-refractivity contribution in [2.75, 3.05) is 19.7 Å². The first-order valence-electron chi connectivity index (χ1n) is 9.22. The van der Waals surface area contributed by atoms with Crippen LogP contribution in [0.5, 0.6) is 0 Å². The van der Waals surface area contributed by atoms with Crippen LogP contribution in [0.1, 0.15) is 47.5 Å². The molecule has 3 atom stereocenters. The first-order chi connectivity index (χ1) is 10.9. The highest BCUT2D eigenvalue weighted by atomic mass is 28.4. The molecule has 2 saturated heterocycles. The number of rotatable bonds is 4. The minimum Gasteiger partial charge on any atom is -0.416 e. The van der Waals surface area contributed by atoms with E-state index in [2.05, 4.69) is 45.7 Å². The third kappa shape index (κ3) is 3.84. The van der Waals surface area contributed by atoms with Gasteiger partial charge in [-0.2, -0.15) is 0 Å². The van der Waals surface area contributed by atoms with Crippen molar-refractivity contribution >= 4 is 14.1 Å². The number of hydrogen-bond donors (Lipinski definition) is 1. The van der Waals surface area contributed by atoms with Gasteiger partial charge in [0.05, 0.1) is 0 Å². The number of fused-ring (bicyclic) bond motifs is 1. The van der Waals surface area contributed by atoms with Crippen LogP contribution in [0.25, 0.3) is 0 Å². The van der Waals surface area contributed by atoms with Gasteiger partial charge in [-0.15, -0.1) is 0 Å². The summed E-state index contributed by atoms with van der Waals surface area (Å²) in [6.45, 7) is 17.3. The van der Waals surface area contributed by atoms with Crippen LogP contribution in [0.15, 0.2) is 11.6 Å². The molecule has 2 aliphatic rings. The molecule has 0 aliphatic carbocycles. The van der Waals surface area contributed by atoms with Crippen molar-refractivity contribution in [2.45, 2.75) is 77.2 Å². The zero-order valence-corrected chi connectivity index (χ0v) is 17.5. The second kappa shape index (κ2) is 6.67. The van der Waals surface area contributed by atoms with E-state index in [1.807, 2.05) is 6.08 Å². The second-order valence-electron chi connectivity index (χ2n) is 9.35. The molecule has 1 N–H and O–H groups in total. The minimum atomic E-state index is -1.77. The monoisotopic (exact) mass is 353 g/mol. The molecule has 24 heavy (non-hydrogen) atoms. The van der Waals surface area contributed by atoms with Crippen molar-refractivity contribution < 1.29 is 14.3 Å². The Morgan fingerprint density at radius 3 is 2.67 bits per heavy atom. The topological polar surface area (TPSA) is 49.8 Å². The normalized spacial score (nSPS) is 32.2. The van der Waals surface area contributed by atoms with Gasteiger partial charge in [0.2, 0.25) is 0 Å². The van der Waals surface area contributed by atoms with Crippen LogP contribution in [-0.4, -0.2) is 55.4 Å². The summed E-state index contributed by atoms with van der Waals surface area (Å²) >= 11 is 0. The zero-order valence-electron chi connectivity index (χ0n) is 16.5. The number of ketones is 1. The number of aliphatic hydroxyl groups is 1. The molecule has 4 nitrogen and oxygen atoms in total. The van der Waals surface area contributed by atoms with E-state index in [-0.39, 0.29) is 22.8 Å². The van der Waals surface area contributed by atoms with Gasteiger partial charge in [-0.25, -0.2) is 0 Å². The van der Waals surface area contributed by atoms with E-state index >= 15 is 0 Å². The van der Waals surface area contributed by atoms with E-state index in [1.54, 1.807) is 6.92 Å². The number of Topliss-reactive ketones (excluding diaryl/α,β-unsaturated/α-hetero) is 1. The van der Waals surface area contributed by atoms with Gasteiger partial charge in [-0.05, 0) is 50.4 Å². The largest absolute Gasteiger partial charge is 0.416 e. The molecule has 0 saturated carbocycles. The van der Waals surface area contributed by atoms with E-state index in [0.29, 0.717) is 13.2 Å². The number of carbonyl (C=O) groups is 1. The lowest BCUT2D eigenvalue weighted by Crippen LogP contribution is -2.58. The van der Waals surface area contributed by atoms with Gasteiger partial charge in [0, 0.05) is 24.8 Å². The molecule has 2 rings (SSSR count). The zero-order chi connectivity index (χ0) is 18.3. The Hall–Kier alpha value is -0.493. The molecular weight excluding hydrogens is 318 g/mol. The van der Waals surface area contributed by atoms with Gasteiger partial charge in [0.15, 0.2) is 14.1 Å². The lowest BCUT2D eigenvalue weighted by Gasteiger charge is -2.41. The SMILES string of the molecule is C[C@@H](/C=C1\CN2CCC[C@H]2[C@@](C)(O)C1=O)CO[Si](C)(C)C(C)(C)C. The van der Waals surface area contributed by atoms with Crippen molar-refractivity contribution in [1.29, 1.82) is 0 Å². The summed E-state index contributed by atoms with van der Waals surface area (Å²) in [5, 5.41) is 10.9. The lowest BCUT2D eigenvalue weighted by molar-refractivity contribution is -0.141. The maximum atomic E-state index is 12.7. The van der Waals surface area contributed by atoms with Crippen LogP contribution in [0.2, 0.25) is 18.1 Å². The fraction of sp³-hybridized carbons (Fsp3) is 0.842. The quantitative estimate of drug-likeness (QED) is 0.622. The molecule has 0 aromatic rings. The summed E-state index contributed by atoms with van der Waals surface area (Å²) in [6, 6.07) is -0.0130. The fourth-order valence-electron chi connectivity index (χ4n) is 3.50. The average molecular weight is 354 g/mol. The summed E-state index contributed by atoms with van der Waals surface area (Å²) in [7, 11) is -1.77. The Kier molecular flexibility index (Phi) is 5.51. The number of carbonyl (C=O) groups excluding carboxylic acids is 1. The maximum absolute atomic E-state index is 12.7. The van der Waals surface area contributed by atoms with Crippen LogP contribution < -0.4 is 0 Å². The smallest absolute Gasteiger partial charge is 0.192 e.